The third-order valence-corrected chi connectivity index (χ3v) is 1.59. The van der Waals surface area contributed by atoms with Gasteiger partial charge in [-0.2, -0.15) is 0 Å². The minimum Gasteiger partial charge on any atom is -0.759 e. The molecule has 0 amide bonds. The van der Waals surface area contributed by atoms with E-state index in [4.69, 9.17) is 22.6 Å². The molecular formula is C11H13CuN3O5S. The van der Waals surface area contributed by atoms with Crippen LogP contribution in [0.2, 0.25) is 0 Å². The van der Waals surface area contributed by atoms with Crippen molar-refractivity contribution in [3.05, 3.63) is 48.8 Å². The average molecular weight is 363 g/mol. The van der Waals surface area contributed by atoms with E-state index < -0.39 is 10.4 Å². The largest absolute Gasteiger partial charge is 2.00 e. The van der Waals surface area contributed by atoms with E-state index in [0.717, 1.165) is 18.7 Å². The van der Waals surface area contributed by atoms with Gasteiger partial charge in [-0.05, 0) is 24.3 Å². The van der Waals surface area contributed by atoms with Crippen LogP contribution in [0.1, 0.15) is 0 Å². The number of aliphatic hydroxyl groups excluding tert-OH is 1. The van der Waals surface area contributed by atoms with Crippen LogP contribution in [0.15, 0.2) is 48.8 Å². The molecule has 0 unspecified atom stereocenters. The Kier molecular flexibility index (Phi) is 12.6. The van der Waals surface area contributed by atoms with E-state index in [1.807, 2.05) is 36.4 Å². The van der Waals surface area contributed by atoms with Crippen molar-refractivity contribution in [1.29, 1.82) is 0 Å². The van der Waals surface area contributed by atoms with E-state index in [1.165, 1.54) is 0 Å². The van der Waals surface area contributed by atoms with Crippen LogP contribution >= 0.6 is 0 Å². The van der Waals surface area contributed by atoms with Crippen LogP contribution in [-0.2, 0) is 27.5 Å². The van der Waals surface area contributed by atoms with E-state index >= 15 is 0 Å². The standard InChI is InChI=1S/C10H9N3.CH4O.Cu.H2O4S/c1-3-7-11-9(5-1)13-10-6-2-4-8-12-10;1-2;;1-5(2,3)4/h1-8H,(H,11,12,13);2H,1H3;;(H2,1,2,3,4)/q;;+2;/p-2. The van der Waals surface area contributed by atoms with Gasteiger partial charge in [-0.15, -0.1) is 0 Å². The van der Waals surface area contributed by atoms with Crippen molar-refractivity contribution in [2.45, 2.75) is 0 Å². The Morgan fingerprint density at radius 1 is 0.952 bits per heavy atom. The Balaban J connectivity index is 0. The summed E-state index contributed by atoms with van der Waals surface area (Å²) in [4.78, 5) is 8.25. The Hall–Kier alpha value is -1.55. The summed E-state index contributed by atoms with van der Waals surface area (Å²) in [6, 6.07) is 11.4. The zero-order valence-electron chi connectivity index (χ0n) is 10.8. The summed E-state index contributed by atoms with van der Waals surface area (Å²) in [5.74, 6) is 1.61. The Labute approximate surface area is 133 Å². The Morgan fingerprint density at radius 2 is 1.29 bits per heavy atom. The molecule has 1 radical (unpaired) electrons. The number of aromatic nitrogens is 2. The Bertz CT molecular complexity index is 523. The number of anilines is 2. The van der Waals surface area contributed by atoms with E-state index in [9.17, 15) is 0 Å². The van der Waals surface area contributed by atoms with Crippen LogP contribution in [0.4, 0.5) is 11.6 Å². The quantitative estimate of drug-likeness (QED) is 0.447. The molecule has 0 atom stereocenters. The first kappa shape index (κ1) is 21.7. The minimum atomic E-state index is -5.17. The number of hydrogen-bond acceptors (Lipinski definition) is 8. The molecule has 2 heterocycles. The zero-order chi connectivity index (χ0) is 15.4. The summed E-state index contributed by atoms with van der Waals surface area (Å²) in [5.41, 5.74) is 0. The van der Waals surface area contributed by atoms with Crippen molar-refractivity contribution >= 4 is 22.0 Å². The van der Waals surface area contributed by atoms with E-state index in [0.29, 0.717) is 0 Å². The zero-order valence-corrected chi connectivity index (χ0v) is 12.6. The van der Waals surface area contributed by atoms with Gasteiger partial charge in [-0.25, -0.2) is 9.97 Å². The molecule has 0 saturated heterocycles. The van der Waals surface area contributed by atoms with Crippen molar-refractivity contribution in [2.75, 3.05) is 12.4 Å². The van der Waals surface area contributed by atoms with Crippen molar-refractivity contribution in [3.63, 3.8) is 0 Å². The second-order valence-electron chi connectivity index (χ2n) is 2.96. The molecule has 0 spiro atoms. The SMILES string of the molecule is CO.O=S(=O)([O-])[O-].[Cu+2].c1ccc(Nc2ccccn2)nc1. The van der Waals surface area contributed by atoms with Crippen molar-refractivity contribution in [3.8, 4) is 0 Å². The minimum absolute atomic E-state index is 0. The normalized spacial score (nSPS) is 8.95. The summed E-state index contributed by atoms with van der Waals surface area (Å²) in [5, 5.41) is 10.1. The van der Waals surface area contributed by atoms with Gasteiger partial charge in [0, 0.05) is 29.9 Å². The van der Waals surface area contributed by atoms with Crippen LogP contribution < -0.4 is 5.32 Å². The molecule has 8 nitrogen and oxygen atoms in total. The summed E-state index contributed by atoms with van der Waals surface area (Å²) in [7, 11) is -4.17. The maximum atomic E-state index is 8.52. The van der Waals surface area contributed by atoms with Crippen LogP contribution in [0.5, 0.6) is 0 Å². The smallest absolute Gasteiger partial charge is 0.759 e. The number of nitrogens with zero attached hydrogens (tertiary/aromatic N) is 2. The van der Waals surface area contributed by atoms with E-state index in [1.54, 1.807) is 12.4 Å². The summed E-state index contributed by atoms with van der Waals surface area (Å²) in [6.45, 7) is 0. The maximum Gasteiger partial charge on any atom is 2.00 e. The van der Waals surface area contributed by atoms with E-state index in [-0.39, 0.29) is 17.1 Å². The number of rotatable bonds is 2. The maximum absolute atomic E-state index is 8.52. The monoisotopic (exact) mass is 362 g/mol. The Morgan fingerprint density at radius 3 is 1.52 bits per heavy atom. The summed E-state index contributed by atoms with van der Waals surface area (Å²) in [6.07, 6.45) is 3.48. The van der Waals surface area contributed by atoms with Gasteiger partial charge in [0.05, 0.1) is 0 Å². The molecule has 2 N–H and O–H groups in total. The predicted molar refractivity (Wildman–Crippen MR) is 70.4 cm³/mol. The average Bonchev–Trinajstić information content (AvgIpc) is 2.41. The molecule has 0 aliphatic carbocycles. The van der Waals surface area contributed by atoms with Crippen LogP contribution in [-0.4, -0.2) is 39.7 Å². The fourth-order valence-electron chi connectivity index (χ4n) is 1.00. The molecule has 0 saturated carbocycles. The third kappa shape index (κ3) is 14.7. The fourth-order valence-corrected chi connectivity index (χ4v) is 1.00. The first-order valence-corrected chi connectivity index (χ1v) is 6.49. The second kappa shape index (κ2) is 12.2. The van der Waals surface area contributed by atoms with Crippen LogP contribution in [0.3, 0.4) is 0 Å². The van der Waals surface area contributed by atoms with Gasteiger partial charge in [0.1, 0.15) is 11.6 Å². The van der Waals surface area contributed by atoms with Crippen molar-refractivity contribution in [2.24, 2.45) is 0 Å². The van der Waals surface area contributed by atoms with Crippen molar-refractivity contribution in [1.82, 2.24) is 9.97 Å². The number of pyridine rings is 2. The van der Waals surface area contributed by atoms with Crippen LogP contribution in [0, 0.1) is 0 Å². The molecule has 0 fully saturated rings. The molecule has 0 bridgehead atoms. The molecular weight excluding hydrogens is 350 g/mol. The molecule has 21 heavy (non-hydrogen) atoms. The van der Waals surface area contributed by atoms with Gasteiger partial charge < -0.3 is 19.5 Å². The number of hydrogen-bond donors (Lipinski definition) is 2. The predicted octanol–water partition coefficient (Wildman–Crippen LogP) is 0.488. The van der Waals surface area contributed by atoms with Gasteiger partial charge >= 0.3 is 17.1 Å². The van der Waals surface area contributed by atoms with Gasteiger partial charge in [-0.3, -0.25) is 8.42 Å². The van der Waals surface area contributed by atoms with Crippen molar-refractivity contribution < 1.29 is 39.7 Å². The fraction of sp³-hybridized carbons (Fsp3) is 0.0909. The summed E-state index contributed by atoms with van der Waals surface area (Å²) < 4.78 is 34.1. The number of nitrogens with one attached hydrogen (secondary N) is 1. The molecule has 0 aliphatic rings. The third-order valence-electron chi connectivity index (χ3n) is 1.59. The molecule has 2 aromatic rings. The van der Waals surface area contributed by atoms with Gasteiger partial charge in [0.2, 0.25) is 0 Å². The van der Waals surface area contributed by atoms with Gasteiger partial charge in [0.25, 0.3) is 0 Å². The molecule has 2 aromatic heterocycles. The molecule has 2 rings (SSSR count). The van der Waals surface area contributed by atoms with E-state index in [2.05, 4.69) is 15.3 Å². The molecule has 0 aromatic carbocycles. The molecule has 10 heteroatoms. The first-order valence-electron chi connectivity index (χ1n) is 5.15. The second-order valence-corrected chi connectivity index (χ2v) is 3.78. The summed E-state index contributed by atoms with van der Waals surface area (Å²) >= 11 is 0. The van der Waals surface area contributed by atoms with Crippen LogP contribution in [0.25, 0.3) is 0 Å². The van der Waals surface area contributed by atoms with Gasteiger partial charge in [0.15, 0.2) is 0 Å². The topological polar surface area (TPSA) is 138 Å². The molecule has 0 aliphatic heterocycles. The molecule has 119 valence electrons. The number of aliphatic hydroxyl groups is 1. The first-order chi connectivity index (χ1) is 9.45. The van der Waals surface area contributed by atoms with Gasteiger partial charge in [-0.1, -0.05) is 12.1 Å².